The van der Waals surface area contributed by atoms with Crippen molar-refractivity contribution in [1.29, 1.82) is 0 Å². The van der Waals surface area contributed by atoms with Crippen molar-refractivity contribution >= 4 is 0 Å². The first-order valence-electron chi connectivity index (χ1n) is 8.48. The molecule has 2 aliphatic rings. The van der Waals surface area contributed by atoms with Gasteiger partial charge < -0.3 is 9.84 Å². The summed E-state index contributed by atoms with van der Waals surface area (Å²) in [6, 6.07) is 2.66. The number of methoxy groups -OCH3 is 1. The zero-order valence-electron chi connectivity index (χ0n) is 13.1. The Bertz CT molecular complexity index is 453. The summed E-state index contributed by atoms with van der Waals surface area (Å²) in [4.78, 5) is 0. The Balaban J connectivity index is 1.63. The Kier molecular flexibility index (Phi) is 4.65. The molecular formula is C17H28N2O2. The first-order valence-corrected chi connectivity index (χ1v) is 8.48. The first kappa shape index (κ1) is 15.0. The van der Waals surface area contributed by atoms with Gasteiger partial charge >= 0.3 is 0 Å². The van der Waals surface area contributed by atoms with Crippen molar-refractivity contribution in [2.75, 3.05) is 7.11 Å². The molecule has 1 aromatic heterocycles. The van der Waals surface area contributed by atoms with Crippen LogP contribution in [0.5, 0.6) is 0 Å². The van der Waals surface area contributed by atoms with Gasteiger partial charge in [0.2, 0.25) is 0 Å². The minimum Gasteiger partial charge on any atom is -0.389 e. The van der Waals surface area contributed by atoms with Gasteiger partial charge in [-0.1, -0.05) is 19.3 Å². The van der Waals surface area contributed by atoms with E-state index in [2.05, 4.69) is 16.9 Å². The number of hydrogen-bond acceptors (Lipinski definition) is 3. The van der Waals surface area contributed by atoms with Gasteiger partial charge in [-0.2, -0.15) is 5.10 Å². The van der Waals surface area contributed by atoms with Crippen LogP contribution in [0, 0.1) is 0 Å². The van der Waals surface area contributed by atoms with Crippen LogP contribution in [0.1, 0.15) is 69.5 Å². The van der Waals surface area contributed by atoms with Gasteiger partial charge in [-0.15, -0.1) is 0 Å². The van der Waals surface area contributed by atoms with E-state index in [1.54, 1.807) is 7.11 Å². The van der Waals surface area contributed by atoms with Crippen LogP contribution in [-0.2, 0) is 11.2 Å². The first-order chi connectivity index (χ1) is 10.2. The molecule has 118 valence electrons. The van der Waals surface area contributed by atoms with E-state index in [1.807, 2.05) is 0 Å². The van der Waals surface area contributed by atoms with Crippen LogP contribution in [0.3, 0.4) is 0 Å². The van der Waals surface area contributed by atoms with E-state index in [0.717, 1.165) is 31.4 Å². The average Bonchev–Trinajstić information content (AvgIpc) is 2.96. The van der Waals surface area contributed by atoms with Crippen LogP contribution >= 0.6 is 0 Å². The molecule has 3 rings (SSSR count). The quantitative estimate of drug-likeness (QED) is 0.926. The van der Waals surface area contributed by atoms with E-state index in [-0.39, 0.29) is 6.10 Å². The molecule has 1 heterocycles. The van der Waals surface area contributed by atoms with Crippen molar-refractivity contribution in [2.45, 2.75) is 82.0 Å². The van der Waals surface area contributed by atoms with Gasteiger partial charge in [-0.05, 0) is 38.2 Å². The van der Waals surface area contributed by atoms with Gasteiger partial charge in [0.1, 0.15) is 0 Å². The summed E-state index contributed by atoms with van der Waals surface area (Å²) in [6.45, 7) is 0. The summed E-state index contributed by atoms with van der Waals surface area (Å²) in [6.07, 6.45) is 13.2. The summed E-state index contributed by atoms with van der Waals surface area (Å²) in [5.74, 6) is 0. The summed E-state index contributed by atoms with van der Waals surface area (Å²) < 4.78 is 7.57. The third-order valence-corrected chi connectivity index (χ3v) is 5.23. The molecule has 0 spiro atoms. The van der Waals surface area contributed by atoms with E-state index in [4.69, 9.17) is 9.84 Å². The summed E-state index contributed by atoms with van der Waals surface area (Å²) >= 11 is 0. The lowest BCUT2D eigenvalue weighted by atomic mass is 9.80. The fourth-order valence-corrected chi connectivity index (χ4v) is 4.01. The molecule has 0 aromatic carbocycles. The van der Waals surface area contributed by atoms with Crippen molar-refractivity contribution in [1.82, 2.24) is 9.78 Å². The second-order valence-electron chi connectivity index (χ2n) is 6.93. The molecule has 0 aliphatic heterocycles. The highest BCUT2D eigenvalue weighted by molar-refractivity contribution is 5.06. The zero-order valence-corrected chi connectivity index (χ0v) is 13.1. The lowest BCUT2D eigenvalue weighted by molar-refractivity contribution is -0.0586. The topological polar surface area (TPSA) is 47.3 Å². The van der Waals surface area contributed by atoms with Crippen LogP contribution in [0.2, 0.25) is 0 Å². The van der Waals surface area contributed by atoms with E-state index in [0.29, 0.717) is 12.5 Å². The van der Waals surface area contributed by atoms with Crippen molar-refractivity contribution < 1.29 is 9.84 Å². The molecule has 1 N–H and O–H groups in total. The van der Waals surface area contributed by atoms with E-state index in [1.165, 1.54) is 32.1 Å². The van der Waals surface area contributed by atoms with Gasteiger partial charge in [-0.3, -0.25) is 4.68 Å². The Labute approximate surface area is 127 Å². The number of aromatic nitrogens is 2. The molecule has 2 aliphatic carbocycles. The zero-order chi connectivity index (χ0) is 14.7. The SMILES string of the molecule is COC1CCCC(O)(Cc2ccn(C3CCCCC3)n2)C1. The molecule has 0 radical (unpaired) electrons. The van der Waals surface area contributed by atoms with Crippen LogP contribution in [0.4, 0.5) is 0 Å². The average molecular weight is 292 g/mol. The maximum absolute atomic E-state index is 10.8. The summed E-state index contributed by atoms with van der Waals surface area (Å²) in [7, 11) is 1.74. The molecule has 21 heavy (non-hydrogen) atoms. The predicted molar refractivity (Wildman–Crippen MR) is 82.3 cm³/mol. The van der Waals surface area contributed by atoms with Crippen molar-refractivity contribution in [2.24, 2.45) is 0 Å². The number of hydrogen-bond donors (Lipinski definition) is 1. The third kappa shape index (κ3) is 3.67. The van der Waals surface area contributed by atoms with Crippen molar-refractivity contribution in [3.05, 3.63) is 18.0 Å². The normalized spacial score (nSPS) is 31.4. The fourth-order valence-electron chi connectivity index (χ4n) is 4.01. The van der Waals surface area contributed by atoms with Gasteiger partial charge in [-0.25, -0.2) is 0 Å². The summed E-state index contributed by atoms with van der Waals surface area (Å²) in [5, 5.41) is 15.6. The van der Waals surface area contributed by atoms with Gasteiger partial charge in [0.05, 0.1) is 23.4 Å². The Hall–Kier alpha value is -0.870. The second-order valence-corrected chi connectivity index (χ2v) is 6.93. The monoisotopic (exact) mass is 292 g/mol. The Morgan fingerprint density at radius 3 is 2.86 bits per heavy atom. The maximum Gasteiger partial charge on any atom is 0.0728 e. The molecule has 2 atom stereocenters. The molecule has 2 fully saturated rings. The third-order valence-electron chi connectivity index (χ3n) is 5.23. The number of nitrogens with zero attached hydrogens (tertiary/aromatic N) is 2. The van der Waals surface area contributed by atoms with E-state index < -0.39 is 5.60 Å². The van der Waals surface area contributed by atoms with Gasteiger partial charge in [0, 0.05) is 26.1 Å². The Morgan fingerprint density at radius 2 is 2.10 bits per heavy atom. The maximum atomic E-state index is 10.8. The highest BCUT2D eigenvalue weighted by Gasteiger charge is 2.35. The molecule has 0 saturated heterocycles. The lowest BCUT2D eigenvalue weighted by Gasteiger charge is -2.35. The van der Waals surface area contributed by atoms with Gasteiger partial charge in [0.15, 0.2) is 0 Å². The molecule has 1 aromatic rings. The summed E-state index contributed by atoms with van der Waals surface area (Å²) in [5.41, 5.74) is 0.393. The Morgan fingerprint density at radius 1 is 1.29 bits per heavy atom. The largest absolute Gasteiger partial charge is 0.389 e. The number of ether oxygens (including phenoxy) is 1. The van der Waals surface area contributed by atoms with E-state index >= 15 is 0 Å². The predicted octanol–water partition coefficient (Wildman–Crippen LogP) is 3.25. The van der Waals surface area contributed by atoms with E-state index in [9.17, 15) is 5.11 Å². The van der Waals surface area contributed by atoms with Crippen LogP contribution in [-0.4, -0.2) is 33.7 Å². The molecule has 4 nitrogen and oxygen atoms in total. The molecule has 0 amide bonds. The van der Waals surface area contributed by atoms with Crippen LogP contribution < -0.4 is 0 Å². The number of aliphatic hydroxyl groups is 1. The molecule has 0 bridgehead atoms. The highest BCUT2D eigenvalue weighted by atomic mass is 16.5. The minimum absolute atomic E-state index is 0.198. The van der Waals surface area contributed by atoms with Gasteiger partial charge in [0.25, 0.3) is 0 Å². The molecule has 2 saturated carbocycles. The molecule has 4 heteroatoms. The molecular weight excluding hydrogens is 264 g/mol. The second kappa shape index (κ2) is 6.49. The van der Waals surface area contributed by atoms with Crippen molar-refractivity contribution in [3.63, 3.8) is 0 Å². The highest BCUT2D eigenvalue weighted by Crippen LogP contribution is 2.33. The van der Waals surface area contributed by atoms with Crippen molar-refractivity contribution in [3.8, 4) is 0 Å². The van der Waals surface area contributed by atoms with Crippen LogP contribution in [0.25, 0.3) is 0 Å². The fraction of sp³-hybridized carbons (Fsp3) is 0.824. The minimum atomic E-state index is -0.634. The number of rotatable bonds is 4. The molecule has 2 unspecified atom stereocenters. The van der Waals surface area contributed by atoms with Crippen LogP contribution in [0.15, 0.2) is 12.3 Å². The smallest absolute Gasteiger partial charge is 0.0728 e. The lowest BCUT2D eigenvalue weighted by Crippen LogP contribution is -2.40. The standard InChI is InChI=1S/C17H28N2O2/c1-21-16-8-5-10-17(20,13-16)12-14-9-11-19(18-14)15-6-3-2-4-7-15/h9,11,15-16,20H,2-8,10,12-13H2,1H3.